The van der Waals surface area contributed by atoms with Gasteiger partial charge < -0.3 is 0 Å². The van der Waals surface area contributed by atoms with Gasteiger partial charge in [-0.15, -0.1) is 0 Å². The molecule has 0 atom stereocenters. The summed E-state index contributed by atoms with van der Waals surface area (Å²) < 4.78 is 32.3. The third-order valence-electron chi connectivity index (χ3n) is 2.16. The summed E-state index contributed by atoms with van der Waals surface area (Å²) in [4.78, 5) is 0. The molecule has 1 aromatic carbocycles. The van der Waals surface area contributed by atoms with E-state index in [-0.39, 0.29) is 0 Å². The molecule has 0 saturated carbocycles. The molecule has 7 heteroatoms. The van der Waals surface area contributed by atoms with Crippen LogP contribution in [0.1, 0.15) is 25.8 Å². The molecule has 5 nitrogen and oxygen atoms in total. The molecule has 1 rings (SSSR count). The first-order valence-electron chi connectivity index (χ1n) is 6.17. The molecule has 0 unspecified atom stereocenters. The quantitative estimate of drug-likeness (QED) is 0.257. The van der Waals surface area contributed by atoms with E-state index in [9.17, 15) is 0 Å². The molecular weight excluding hydrogens is 369 g/mol. The van der Waals surface area contributed by atoms with E-state index in [0.29, 0.717) is 6.04 Å². The van der Waals surface area contributed by atoms with Crippen LogP contribution < -0.4 is 0 Å². The summed E-state index contributed by atoms with van der Waals surface area (Å²) in [6, 6.07) is 10.6. The van der Waals surface area contributed by atoms with Crippen molar-refractivity contribution in [1.82, 2.24) is 4.67 Å². The Hall–Kier alpha value is -1.48. The Morgan fingerprint density at radius 3 is 1.83 bits per heavy atom. The van der Waals surface area contributed by atoms with Gasteiger partial charge in [0.1, 0.15) is 0 Å². The van der Waals surface area contributed by atoms with Crippen LogP contribution >= 0.6 is 6.98 Å². The number of rotatable bonds is 4. The molecule has 0 radical (unpaired) electrons. The van der Waals surface area contributed by atoms with Crippen LogP contribution in [0.4, 0.5) is 0 Å². The maximum absolute atomic E-state index is 7.50. The molecule has 0 N–H and O–H groups in total. The average Bonchev–Trinajstić information content (AvgIpc) is 2.69. The Bertz CT molecular complexity index is 518. The SMILES string of the molecule is CC(C)N(CCC#Cc1ccccc1)[P]=[Fe].[C-]#[O+].[C-]#[O+].[C-]#[O+].[C-]#[O+]. The third-order valence-corrected chi connectivity index (χ3v) is 3.85. The zero-order chi connectivity index (χ0) is 19.8. The summed E-state index contributed by atoms with van der Waals surface area (Å²) in [5.74, 6) is 6.36. The molecule has 0 spiro atoms. The number of nitrogens with zero attached hydrogens (tertiary/aromatic N) is 1. The maximum atomic E-state index is 7.50. The van der Waals surface area contributed by atoms with Crippen LogP contribution in [0.3, 0.4) is 0 Å². The fraction of sp³-hybridized carbons (Fsp3) is 0.294. The Morgan fingerprint density at radius 2 is 1.46 bits per heavy atom. The van der Waals surface area contributed by atoms with Gasteiger partial charge in [-0.1, -0.05) is 0 Å². The normalized spacial score (nSPS) is 7.38. The second kappa shape index (κ2) is 29.5. The molecule has 0 fully saturated rings. The summed E-state index contributed by atoms with van der Waals surface area (Å²) in [6.07, 6.45) is 0.898. The van der Waals surface area contributed by atoms with Crippen molar-refractivity contribution >= 4 is 6.98 Å². The fourth-order valence-corrected chi connectivity index (χ4v) is 2.66. The molecule has 0 amide bonds. The van der Waals surface area contributed by atoms with E-state index in [4.69, 9.17) is 18.6 Å². The molecule has 0 aliphatic carbocycles. The van der Waals surface area contributed by atoms with Gasteiger partial charge in [-0.25, -0.2) is 0 Å². The van der Waals surface area contributed by atoms with Gasteiger partial charge in [-0.05, 0) is 0 Å². The zero-order valence-corrected chi connectivity index (χ0v) is 15.3. The second-order valence-electron chi connectivity index (χ2n) is 3.75. The zero-order valence-electron chi connectivity index (χ0n) is 13.3. The van der Waals surface area contributed by atoms with Gasteiger partial charge in [-0.3, -0.25) is 0 Å². The van der Waals surface area contributed by atoms with Crippen LogP contribution in [0.15, 0.2) is 30.3 Å². The number of hydrogen-bond donors (Lipinski definition) is 0. The first kappa shape index (κ1) is 30.4. The topological polar surface area (TPSA) is 82.8 Å². The summed E-state index contributed by atoms with van der Waals surface area (Å²) in [5, 5.41) is 0. The van der Waals surface area contributed by atoms with E-state index in [1.165, 1.54) is 0 Å². The summed E-state index contributed by atoms with van der Waals surface area (Å²) >= 11 is 3.89. The summed E-state index contributed by atoms with van der Waals surface area (Å²) in [5.41, 5.74) is 1.09. The van der Waals surface area contributed by atoms with Crippen LogP contribution in [0.25, 0.3) is 0 Å². The van der Waals surface area contributed by atoms with Crippen LogP contribution in [0.2, 0.25) is 0 Å². The molecule has 0 aromatic heterocycles. The Kier molecular flexibility index (Phi) is 37.4. The van der Waals surface area contributed by atoms with Gasteiger partial charge >= 0.3 is 153 Å². The van der Waals surface area contributed by atoms with Crippen molar-refractivity contribution in [1.29, 1.82) is 0 Å². The van der Waals surface area contributed by atoms with Gasteiger partial charge in [0.25, 0.3) is 0 Å². The van der Waals surface area contributed by atoms with Gasteiger partial charge in [0.05, 0.1) is 0 Å². The molecule has 0 aliphatic rings. The first-order chi connectivity index (χ1) is 11.7. The van der Waals surface area contributed by atoms with Crippen molar-refractivity contribution < 1.29 is 33.7 Å². The Morgan fingerprint density at radius 1 is 1.00 bits per heavy atom. The van der Waals surface area contributed by atoms with Crippen LogP contribution in [0, 0.1) is 38.4 Å². The number of hydrogen-bond acceptors (Lipinski definition) is 1. The van der Waals surface area contributed by atoms with E-state index in [2.05, 4.69) is 72.1 Å². The molecular formula is C17H16FeNO4P. The third kappa shape index (κ3) is 20.5. The minimum absolute atomic E-state index is 0.540. The number of benzene rings is 1. The van der Waals surface area contributed by atoms with E-state index in [1.54, 1.807) is 0 Å². The molecule has 1 aromatic rings. The minimum atomic E-state index is 0.540. The van der Waals surface area contributed by atoms with Gasteiger partial charge in [0.2, 0.25) is 0 Å². The molecule has 24 heavy (non-hydrogen) atoms. The van der Waals surface area contributed by atoms with Gasteiger partial charge in [0.15, 0.2) is 0 Å². The molecule has 126 valence electrons. The summed E-state index contributed by atoms with van der Waals surface area (Å²) in [7, 11) is 0. The van der Waals surface area contributed by atoms with Crippen molar-refractivity contribution in [2.75, 3.05) is 6.54 Å². The van der Waals surface area contributed by atoms with Crippen molar-refractivity contribution in [3.05, 3.63) is 62.5 Å². The molecule has 0 aliphatic heterocycles. The predicted molar refractivity (Wildman–Crippen MR) is 82.4 cm³/mol. The average molecular weight is 385 g/mol. The monoisotopic (exact) mass is 385 g/mol. The van der Waals surface area contributed by atoms with Gasteiger partial charge in [0, 0.05) is 0 Å². The molecule has 0 heterocycles. The van der Waals surface area contributed by atoms with Crippen LogP contribution in [-0.2, 0) is 33.7 Å². The van der Waals surface area contributed by atoms with Crippen LogP contribution in [0.5, 0.6) is 0 Å². The van der Waals surface area contributed by atoms with Crippen molar-refractivity contribution in [3.63, 3.8) is 0 Å². The first-order valence-corrected chi connectivity index (χ1v) is 8.37. The van der Waals surface area contributed by atoms with Crippen molar-refractivity contribution in [2.45, 2.75) is 26.3 Å². The van der Waals surface area contributed by atoms with Crippen molar-refractivity contribution in [2.24, 2.45) is 0 Å². The van der Waals surface area contributed by atoms with E-state index in [0.717, 1.165) is 25.5 Å². The molecule has 0 bridgehead atoms. The van der Waals surface area contributed by atoms with Crippen LogP contribution in [-0.4, -0.2) is 17.3 Å². The Balaban J connectivity index is -0.000000218. The van der Waals surface area contributed by atoms with Gasteiger partial charge in [-0.2, -0.15) is 0 Å². The predicted octanol–water partition coefficient (Wildman–Crippen LogP) is 3.31. The summed E-state index contributed by atoms with van der Waals surface area (Å²) in [6.45, 7) is 24.4. The standard InChI is InChI=1S/C13H16NP.4CO.Fe/c1-12(2)14(15)11-7-6-10-13-8-4-3-5-9-13;4*1-2;/h3-5,8-9,12H,7,11H2,1-2H3;;;;;. The Labute approximate surface area is 152 Å². The van der Waals surface area contributed by atoms with Crippen molar-refractivity contribution in [3.8, 4) is 11.8 Å². The molecule has 0 saturated heterocycles. The van der Waals surface area contributed by atoms with E-state index in [1.807, 2.05) is 30.3 Å². The fourth-order valence-electron chi connectivity index (χ4n) is 1.23. The van der Waals surface area contributed by atoms with E-state index >= 15 is 0 Å². The second-order valence-corrected chi connectivity index (χ2v) is 5.06. The van der Waals surface area contributed by atoms with E-state index < -0.39 is 0 Å².